The van der Waals surface area contributed by atoms with Crippen molar-refractivity contribution >= 4 is 11.4 Å². The van der Waals surface area contributed by atoms with Crippen LogP contribution in [0.4, 0.5) is 10.1 Å². The van der Waals surface area contributed by atoms with Crippen LogP contribution in [0.25, 0.3) is 0 Å². The summed E-state index contributed by atoms with van der Waals surface area (Å²) < 4.78 is 19.5. The van der Waals surface area contributed by atoms with E-state index in [0.29, 0.717) is 23.8 Å². The third kappa shape index (κ3) is 2.28. The van der Waals surface area contributed by atoms with Gasteiger partial charge in [-0.25, -0.2) is 4.39 Å². The highest BCUT2D eigenvalue weighted by molar-refractivity contribution is 5.98. The second kappa shape index (κ2) is 5.35. The summed E-state index contributed by atoms with van der Waals surface area (Å²) in [5, 5.41) is 16.6. The van der Waals surface area contributed by atoms with Gasteiger partial charge in [0.25, 0.3) is 0 Å². The summed E-state index contributed by atoms with van der Waals surface area (Å²) in [6.45, 7) is 2.15. The molecule has 2 heterocycles. The third-order valence-electron chi connectivity index (χ3n) is 4.40. The second-order valence-electron chi connectivity index (χ2n) is 5.92. The lowest BCUT2D eigenvalue weighted by Crippen LogP contribution is -2.41. The van der Waals surface area contributed by atoms with Gasteiger partial charge in [0, 0.05) is 6.07 Å². The van der Waals surface area contributed by atoms with Crippen molar-refractivity contribution in [1.82, 2.24) is 0 Å². The van der Waals surface area contributed by atoms with Crippen molar-refractivity contribution in [3.8, 4) is 5.75 Å². The van der Waals surface area contributed by atoms with E-state index < -0.39 is 6.10 Å². The van der Waals surface area contributed by atoms with E-state index in [0.717, 1.165) is 5.56 Å². The lowest BCUT2D eigenvalue weighted by molar-refractivity contribution is 0.249. The number of hydrazone groups is 1. The van der Waals surface area contributed by atoms with E-state index >= 15 is 0 Å². The van der Waals surface area contributed by atoms with E-state index in [9.17, 15) is 9.50 Å². The molecule has 0 amide bonds. The number of fused-ring (bicyclic) bond motifs is 3. The largest absolute Gasteiger partial charge is 0.489 e. The fourth-order valence-corrected chi connectivity index (χ4v) is 3.36. The Kier molecular flexibility index (Phi) is 3.31. The van der Waals surface area contributed by atoms with Gasteiger partial charge in [0.2, 0.25) is 0 Å². The first-order valence-electron chi connectivity index (χ1n) is 7.68. The molecule has 3 unspecified atom stereocenters. The van der Waals surface area contributed by atoms with Crippen LogP contribution >= 0.6 is 0 Å². The first kappa shape index (κ1) is 14.2. The van der Waals surface area contributed by atoms with Crippen molar-refractivity contribution in [1.29, 1.82) is 0 Å². The summed E-state index contributed by atoms with van der Waals surface area (Å²) in [7, 11) is 0. The second-order valence-corrected chi connectivity index (χ2v) is 5.92. The van der Waals surface area contributed by atoms with Gasteiger partial charge in [0.05, 0.1) is 23.8 Å². The van der Waals surface area contributed by atoms with Crippen LogP contribution in [-0.4, -0.2) is 29.6 Å². The molecule has 1 N–H and O–H groups in total. The Morgan fingerprint density at radius 1 is 1.26 bits per heavy atom. The minimum atomic E-state index is -0.678. The van der Waals surface area contributed by atoms with Gasteiger partial charge in [-0.05, 0) is 24.6 Å². The van der Waals surface area contributed by atoms with Gasteiger partial charge in [0.15, 0.2) is 0 Å². The Hall–Kier alpha value is -2.40. The monoisotopic (exact) mass is 312 g/mol. The summed E-state index contributed by atoms with van der Waals surface area (Å²) >= 11 is 0. The van der Waals surface area contributed by atoms with E-state index in [4.69, 9.17) is 4.74 Å². The molecule has 5 heteroatoms. The summed E-state index contributed by atoms with van der Waals surface area (Å²) in [5.74, 6) is 0.211. The zero-order valence-corrected chi connectivity index (χ0v) is 12.7. The topological polar surface area (TPSA) is 45.1 Å². The van der Waals surface area contributed by atoms with Gasteiger partial charge in [-0.2, -0.15) is 5.10 Å². The summed E-state index contributed by atoms with van der Waals surface area (Å²) in [6.07, 6.45) is -0.678. The van der Waals surface area contributed by atoms with Crippen LogP contribution in [0, 0.1) is 5.82 Å². The molecule has 0 fully saturated rings. The van der Waals surface area contributed by atoms with Crippen molar-refractivity contribution in [3.63, 3.8) is 0 Å². The van der Waals surface area contributed by atoms with Gasteiger partial charge < -0.3 is 9.84 Å². The molecule has 0 saturated heterocycles. The number of hydrogen-bond acceptors (Lipinski definition) is 4. The molecule has 2 aromatic carbocycles. The van der Waals surface area contributed by atoms with E-state index in [1.165, 1.54) is 12.1 Å². The molecular formula is C18H17FN2O2. The Balaban J connectivity index is 1.81. The van der Waals surface area contributed by atoms with Crippen LogP contribution in [0.15, 0.2) is 53.6 Å². The van der Waals surface area contributed by atoms with Crippen molar-refractivity contribution in [3.05, 3.63) is 59.9 Å². The van der Waals surface area contributed by atoms with Crippen LogP contribution in [0.5, 0.6) is 5.75 Å². The molecule has 0 spiro atoms. The zero-order valence-electron chi connectivity index (χ0n) is 12.7. The van der Waals surface area contributed by atoms with Crippen LogP contribution < -0.4 is 9.75 Å². The van der Waals surface area contributed by atoms with Gasteiger partial charge >= 0.3 is 0 Å². The molecule has 0 aliphatic carbocycles. The molecule has 23 heavy (non-hydrogen) atoms. The number of aliphatic hydroxyl groups excluding tert-OH is 1. The van der Waals surface area contributed by atoms with Crippen molar-refractivity contribution < 1.29 is 14.2 Å². The molecular weight excluding hydrogens is 295 g/mol. The molecule has 4 nitrogen and oxygen atoms in total. The maximum atomic E-state index is 13.6. The van der Waals surface area contributed by atoms with E-state index in [1.807, 2.05) is 30.3 Å². The van der Waals surface area contributed by atoms with E-state index in [1.54, 1.807) is 18.0 Å². The predicted octanol–water partition coefficient (Wildman–Crippen LogP) is 2.93. The lowest BCUT2D eigenvalue weighted by atomic mass is 9.86. The van der Waals surface area contributed by atoms with Crippen molar-refractivity contribution in [2.24, 2.45) is 5.10 Å². The number of halogens is 1. The summed E-state index contributed by atoms with van der Waals surface area (Å²) in [5.41, 5.74) is 2.36. The van der Waals surface area contributed by atoms with E-state index in [2.05, 4.69) is 5.10 Å². The average Bonchev–Trinajstić information content (AvgIpc) is 2.96. The minimum absolute atomic E-state index is 0.0763. The average molecular weight is 312 g/mol. The molecule has 4 rings (SSSR count). The van der Waals surface area contributed by atoms with Crippen molar-refractivity contribution in [2.45, 2.75) is 25.0 Å². The number of ether oxygens (including phenoxy) is 1. The highest BCUT2D eigenvalue weighted by Gasteiger charge is 2.44. The molecule has 2 aliphatic rings. The predicted molar refractivity (Wildman–Crippen MR) is 86.5 cm³/mol. The highest BCUT2D eigenvalue weighted by Crippen LogP contribution is 2.43. The van der Waals surface area contributed by atoms with Gasteiger partial charge in [0.1, 0.15) is 23.9 Å². The lowest BCUT2D eigenvalue weighted by Gasteiger charge is -2.33. The Labute approximate surface area is 133 Å². The van der Waals surface area contributed by atoms with Crippen LogP contribution in [0.1, 0.15) is 18.4 Å². The van der Waals surface area contributed by atoms with Gasteiger partial charge in [-0.15, -0.1) is 0 Å². The van der Waals surface area contributed by atoms with Gasteiger partial charge in [-0.1, -0.05) is 30.3 Å². The number of aliphatic hydroxyl groups is 1. The Morgan fingerprint density at radius 3 is 2.78 bits per heavy atom. The standard InChI is InChI=1S/C18H17FN2O2/c1-11(22)18-17(12-5-3-2-4-6-12)15-10-23-16-8-7-13(19)9-14(16)21(15)20-18/h2-9,11,15,17,22H,10H2,1H3. The molecule has 3 atom stereocenters. The maximum absolute atomic E-state index is 13.6. The summed E-state index contributed by atoms with van der Waals surface area (Å²) in [4.78, 5) is 0. The number of nitrogens with zero attached hydrogens (tertiary/aromatic N) is 2. The highest BCUT2D eigenvalue weighted by atomic mass is 19.1. The minimum Gasteiger partial charge on any atom is -0.489 e. The maximum Gasteiger partial charge on any atom is 0.144 e. The molecule has 2 aromatic rings. The first-order chi connectivity index (χ1) is 11.1. The SMILES string of the molecule is CC(O)C1=NN2c3cc(F)ccc3OCC2C1c1ccccc1. The van der Waals surface area contributed by atoms with Crippen molar-refractivity contribution in [2.75, 3.05) is 11.6 Å². The quantitative estimate of drug-likeness (QED) is 0.927. The number of benzene rings is 2. The zero-order chi connectivity index (χ0) is 16.0. The smallest absolute Gasteiger partial charge is 0.144 e. The van der Waals surface area contributed by atoms with E-state index in [-0.39, 0.29) is 17.8 Å². The molecule has 0 radical (unpaired) electrons. The Morgan fingerprint density at radius 2 is 2.04 bits per heavy atom. The summed E-state index contributed by atoms with van der Waals surface area (Å²) in [6, 6.07) is 14.3. The molecule has 2 aliphatic heterocycles. The first-order valence-corrected chi connectivity index (χ1v) is 7.68. The van der Waals surface area contributed by atoms with Crippen LogP contribution in [0.2, 0.25) is 0 Å². The third-order valence-corrected chi connectivity index (χ3v) is 4.40. The number of anilines is 1. The molecule has 118 valence electrons. The molecule has 0 saturated carbocycles. The number of rotatable bonds is 2. The normalized spacial score (nSPS) is 23.6. The fraction of sp³-hybridized carbons (Fsp3) is 0.278. The molecule has 0 bridgehead atoms. The molecule has 0 aromatic heterocycles. The van der Waals surface area contributed by atoms with Gasteiger partial charge in [-0.3, -0.25) is 5.01 Å². The van der Waals surface area contributed by atoms with Crippen LogP contribution in [-0.2, 0) is 0 Å². The fourth-order valence-electron chi connectivity index (χ4n) is 3.36. The number of hydrogen-bond donors (Lipinski definition) is 1. The Bertz CT molecular complexity index is 761. The van der Waals surface area contributed by atoms with Crippen LogP contribution in [0.3, 0.4) is 0 Å².